The van der Waals surface area contributed by atoms with Gasteiger partial charge in [0.25, 0.3) is 0 Å². The first-order valence-electron chi connectivity index (χ1n) is 4.06. The van der Waals surface area contributed by atoms with Crippen LogP contribution in [0.15, 0.2) is 12.2 Å². The molecule has 0 radical (unpaired) electrons. The molecular weight excluding hydrogens is 158 g/mol. The molecule has 1 heterocycles. The highest BCUT2D eigenvalue weighted by Crippen LogP contribution is 2.25. The molecule has 4 heteroatoms. The minimum absolute atomic E-state index is 0.00519. The molecule has 1 aliphatic heterocycles. The van der Waals surface area contributed by atoms with Crippen LogP contribution in [0.4, 0.5) is 0 Å². The van der Waals surface area contributed by atoms with E-state index in [9.17, 15) is 9.70 Å². The molecule has 64 valence electrons. The zero-order chi connectivity index (χ0) is 8.55. The first-order valence-corrected chi connectivity index (χ1v) is 4.06. The minimum atomic E-state index is -0.214. The summed E-state index contributed by atoms with van der Waals surface area (Å²) in [6.45, 7) is -0.116. The van der Waals surface area contributed by atoms with Crippen LogP contribution in [-0.4, -0.2) is 23.4 Å². The van der Waals surface area contributed by atoms with E-state index in [1.807, 2.05) is 12.2 Å². The van der Waals surface area contributed by atoms with E-state index in [0.29, 0.717) is 11.3 Å². The number of carbonyl (C=O) groups excluding carboxylic acids is 1. The second kappa shape index (κ2) is 2.69. The predicted octanol–water partition coefficient (Wildman–Crippen LogP) is 0.614. The summed E-state index contributed by atoms with van der Waals surface area (Å²) in [7, 11) is 0. The fraction of sp³-hybridized carbons (Fsp3) is 0.625. The lowest BCUT2D eigenvalue weighted by molar-refractivity contribution is -0.812. The van der Waals surface area contributed by atoms with E-state index in [1.54, 1.807) is 0 Å². The Labute approximate surface area is 69.7 Å². The maximum Gasteiger partial charge on any atom is 0.305 e. The first kappa shape index (κ1) is 7.46. The van der Waals surface area contributed by atoms with Gasteiger partial charge in [-0.2, -0.15) is 0 Å². The summed E-state index contributed by atoms with van der Waals surface area (Å²) in [5.74, 6) is -0.0780. The number of rotatable bonds is 0. The van der Waals surface area contributed by atoms with E-state index < -0.39 is 0 Å². The standard InChI is InChI=1S/C8H10NO3/c10-7-5-9(11)12-8-4-2-1-3-6(7)8/h1-2,6,8H,3-5H2/q+1. The Morgan fingerprint density at radius 1 is 1.42 bits per heavy atom. The van der Waals surface area contributed by atoms with Crippen molar-refractivity contribution in [2.75, 3.05) is 6.54 Å². The minimum Gasteiger partial charge on any atom is -0.292 e. The third-order valence-corrected chi connectivity index (χ3v) is 2.33. The van der Waals surface area contributed by atoms with Gasteiger partial charge >= 0.3 is 6.54 Å². The lowest BCUT2D eigenvalue weighted by atomic mass is 9.87. The Balaban J connectivity index is 2.18. The maximum absolute atomic E-state index is 11.3. The molecule has 1 aliphatic carbocycles. The van der Waals surface area contributed by atoms with Crippen LogP contribution < -0.4 is 0 Å². The third-order valence-electron chi connectivity index (χ3n) is 2.33. The van der Waals surface area contributed by atoms with Crippen molar-refractivity contribution in [2.45, 2.75) is 18.9 Å². The number of Topliss-reactive ketones (excluding diaryl/α,β-unsaturated/α-hetero) is 1. The van der Waals surface area contributed by atoms with Crippen LogP contribution in [0.25, 0.3) is 0 Å². The highest BCUT2D eigenvalue weighted by molar-refractivity contribution is 5.83. The van der Waals surface area contributed by atoms with E-state index >= 15 is 0 Å². The van der Waals surface area contributed by atoms with Crippen LogP contribution in [0.2, 0.25) is 0 Å². The number of carbonyl (C=O) groups is 1. The highest BCUT2D eigenvalue weighted by Gasteiger charge is 2.42. The molecule has 2 rings (SSSR count). The molecule has 0 aromatic rings. The molecule has 12 heavy (non-hydrogen) atoms. The summed E-state index contributed by atoms with van der Waals surface area (Å²) in [4.78, 5) is 27.4. The van der Waals surface area contributed by atoms with Crippen molar-refractivity contribution in [3.8, 4) is 0 Å². The van der Waals surface area contributed by atoms with Gasteiger partial charge in [-0.15, -0.1) is 0 Å². The molecule has 2 unspecified atom stereocenters. The number of ketones is 1. The molecule has 1 fully saturated rings. The van der Waals surface area contributed by atoms with Crippen molar-refractivity contribution >= 4 is 5.78 Å². The lowest BCUT2D eigenvalue weighted by Gasteiger charge is -2.24. The summed E-state index contributed by atoms with van der Waals surface area (Å²) < 4.78 is 0. The van der Waals surface area contributed by atoms with Crippen molar-refractivity contribution in [3.63, 3.8) is 0 Å². The predicted molar refractivity (Wildman–Crippen MR) is 40.2 cm³/mol. The molecule has 0 spiro atoms. The number of nitrogens with zero attached hydrogens (tertiary/aromatic N) is 1. The molecule has 0 saturated carbocycles. The smallest absolute Gasteiger partial charge is 0.292 e. The topological polar surface area (TPSA) is 46.4 Å². The Hall–Kier alpha value is -1.19. The zero-order valence-corrected chi connectivity index (χ0v) is 6.60. The van der Waals surface area contributed by atoms with Gasteiger partial charge in [0.05, 0.1) is 10.8 Å². The average molecular weight is 168 g/mol. The van der Waals surface area contributed by atoms with Gasteiger partial charge in [0.15, 0.2) is 6.10 Å². The van der Waals surface area contributed by atoms with E-state index in [2.05, 4.69) is 0 Å². The molecule has 4 nitrogen and oxygen atoms in total. The summed E-state index contributed by atoms with van der Waals surface area (Å²) in [5, 5.41) is 0. The molecule has 0 N–H and O–H groups in total. The van der Waals surface area contributed by atoms with Crippen LogP contribution in [0, 0.1) is 10.8 Å². The molecule has 2 atom stereocenters. The number of fused-ring (bicyclic) bond motifs is 1. The van der Waals surface area contributed by atoms with Crippen molar-refractivity contribution < 1.29 is 14.6 Å². The molecule has 0 bridgehead atoms. The number of hydrogen-bond acceptors (Lipinski definition) is 3. The summed E-state index contributed by atoms with van der Waals surface area (Å²) in [6.07, 6.45) is 5.11. The van der Waals surface area contributed by atoms with Crippen LogP contribution in [-0.2, 0) is 9.63 Å². The maximum atomic E-state index is 11.3. The molecule has 0 aromatic carbocycles. The Morgan fingerprint density at radius 2 is 2.17 bits per heavy atom. The van der Waals surface area contributed by atoms with Gasteiger partial charge in [0, 0.05) is 6.42 Å². The van der Waals surface area contributed by atoms with Gasteiger partial charge in [-0.05, 0) is 6.42 Å². The Kier molecular flexibility index (Phi) is 1.67. The number of hydrogen-bond donors (Lipinski definition) is 0. The van der Waals surface area contributed by atoms with Gasteiger partial charge in [-0.1, -0.05) is 12.2 Å². The monoisotopic (exact) mass is 168 g/mol. The van der Waals surface area contributed by atoms with E-state index in [-0.39, 0.29) is 24.3 Å². The summed E-state index contributed by atoms with van der Waals surface area (Å²) in [6, 6.07) is 0. The molecule has 0 aromatic heterocycles. The van der Waals surface area contributed by atoms with Gasteiger partial charge in [-0.25, -0.2) is 4.84 Å². The fourth-order valence-corrected chi connectivity index (χ4v) is 1.68. The normalized spacial score (nSPS) is 34.3. The summed E-state index contributed by atoms with van der Waals surface area (Å²) >= 11 is 0. The van der Waals surface area contributed by atoms with Crippen LogP contribution in [0.3, 0.4) is 0 Å². The van der Waals surface area contributed by atoms with E-state index in [4.69, 9.17) is 4.84 Å². The largest absolute Gasteiger partial charge is 0.305 e. The van der Waals surface area contributed by atoms with Gasteiger partial charge < -0.3 is 0 Å². The first-order chi connectivity index (χ1) is 5.77. The SMILES string of the molecule is O=C1C[N+](=O)OC2CC=CCC12. The lowest BCUT2D eigenvalue weighted by Crippen LogP contribution is -2.43. The molecule has 0 amide bonds. The average Bonchev–Trinajstić information content (AvgIpc) is 2.04. The molecule has 1 saturated heterocycles. The third kappa shape index (κ3) is 1.13. The zero-order valence-electron chi connectivity index (χ0n) is 6.60. The van der Waals surface area contributed by atoms with Crippen LogP contribution in [0.5, 0.6) is 0 Å². The quantitative estimate of drug-likeness (QED) is 0.498. The highest BCUT2D eigenvalue weighted by atomic mass is 16.8. The second-order valence-corrected chi connectivity index (χ2v) is 3.15. The Morgan fingerprint density at radius 3 is 3.00 bits per heavy atom. The number of allylic oxidation sites excluding steroid dienone is 1. The van der Waals surface area contributed by atoms with Gasteiger partial charge in [-0.3, -0.25) is 4.79 Å². The second-order valence-electron chi connectivity index (χ2n) is 3.15. The van der Waals surface area contributed by atoms with Crippen molar-refractivity contribution in [3.05, 3.63) is 17.1 Å². The van der Waals surface area contributed by atoms with Crippen LogP contribution >= 0.6 is 0 Å². The fourth-order valence-electron chi connectivity index (χ4n) is 1.68. The van der Waals surface area contributed by atoms with Crippen molar-refractivity contribution in [1.29, 1.82) is 0 Å². The molecule has 2 aliphatic rings. The molecular formula is C8H10NO3+. The van der Waals surface area contributed by atoms with Gasteiger partial charge in [0.1, 0.15) is 0 Å². The van der Waals surface area contributed by atoms with Crippen molar-refractivity contribution in [2.24, 2.45) is 5.92 Å². The van der Waals surface area contributed by atoms with Crippen molar-refractivity contribution in [1.82, 2.24) is 0 Å². The van der Waals surface area contributed by atoms with E-state index in [1.165, 1.54) is 0 Å². The van der Waals surface area contributed by atoms with Crippen LogP contribution in [0.1, 0.15) is 12.8 Å². The van der Waals surface area contributed by atoms with Gasteiger partial charge in [0.2, 0.25) is 10.7 Å². The Bertz CT molecular complexity index is 259. The summed E-state index contributed by atoms with van der Waals surface area (Å²) in [5.41, 5.74) is 0. The van der Waals surface area contributed by atoms with E-state index in [0.717, 1.165) is 6.42 Å².